The summed E-state index contributed by atoms with van der Waals surface area (Å²) in [5.41, 5.74) is 1.98. The summed E-state index contributed by atoms with van der Waals surface area (Å²) < 4.78 is 75.5. The quantitative estimate of drug-likeness (QED) is 0.144. The number of ether oxygens (including phenoxy) is 3. The van der Waals surface area contributed by atoms with Crippen molar-refractivity contribution in [3.05, 3.63) is 103 Å². The van der Waals surface area contributed by atoms with Crippen molar-refractivity contribution in [2.24, 2.45) is 0 Å². The third-order valence-electron chi connectivity index (χ3n) is 7.82. The molecule has 0 aliphatic carbocycles. The van der Waals surface area contributed by atoms with Crippen molar-refractivity contribution in [1.29, 1.82) is 0 Å². The zero-order valence-electron chi connectivity index (χ0n) is 27.2. The van der Waals surface area contributed by atoms with Crippen molar-refractivity contribution in [2.45, 2.75) is 36.9 Å². The maximum Gasteiger partial charge on any atom is 0.490 e. The molecular formula is C37H36F3NO7S2. The number of halogens is 3. The number of benzene rings is 4. The highest BCUT2D eigenvalue weighted by Gasteiger charge is 2.38. The minimum Gasteiger partial charge on any atom is -0.492 e. The number of likely N-dealkylation sites (tertiary alicyclic amines) is 1. The van der Waals surface area contributed by atoms with Gasteiger partial charge in [-0.15, -0.1) is 11.3 Å². The number of carboxylic acids is 1. The lowest BCUT2D eigenvalue weighted by molar-refractivity contribution is -0.192. The van der Waals surface area contributed by atoms with Gasteiger partial charge in [0.05, 0.1) is 9.77 Å². The number of carboxylic acid groups (broad SMARTS) is 1. The molecule has 0 atom stereocenters. The van der Waals surface area contributed by atoms with Crippen molar-refractivity contribution >= 4 is 37.2 Å². The molecule has 264 valence electrons. The van der Waals surface area contributed by atoms with Crippen LogP contribution in [0, 0.1) is 0 Å². The average molecular weight is 728 g/mol. The predicted octanol–water partition coefficient (Wildman–Crippen LogP) is 8.84. The number of nitrogens with zero attached hydrogens (tertiary/aromatic N) is 1. The molecule has 1 aromatic heterocycles. The molecule has 5 aromatic rings. The molecule has 0 unspecified atom stereocenters. The van der Waals surface area contributed by atoms with Gasteiger partial charge in [-0.1, -0.05) is 48.9 Å². The molecule has 1 fully saturated rings. The Morgan fingerprint density at radius 3 is 2.08 bits per heavy atom. The normalized spacial score (nSPS) is 13.7. The molecule has 0 saturated carbocycles. The van der Waals surface area contributed by atoms with Crippen molar-refractivity contribution in [3.8, 4) is 33.4 Å². The lowest BCUT2D eigenvalue weighted by Crippen LogP contribution is -2.33. The number of sulfone groups is 1. The van der Waals surface area contributed by atoms with Gasteiger partial charge in [0.1, 0.15) is 30.5 Å². The molecule has 6 rings (SSSR count). The summed E-state index contributed by atoms with van der Waals surface area (Å²) in [6.45, 7) is 4.40. The van der Waals surface area contributed by atoms with E-state index < -0.39 is 22.0 Å². The number of piperidine rings is 1. The van der Waals surface area contributed by atoms with E-state index in [1.54, 1.807) is 23.5 Å². The van der Waals surface area contributed by atoms with Gasteiger partial charge in [-0.3, -0.25) is 4.90 Å². The zero-order chi connectivity index (χ0) is 35.7. The molecule has 1 aliphatic rings. The molecular weight excluding hydrogens is 692 g/mol. The summed E-state index contributed by atoms with van der Waals surface area (Å²) in [4.78, 5) is 12.6. The van der Waals surface area contributed by atoms with Crippen LogP contribution in [0.4, 0.5) is 13.2 Å². The Kier molecular flexibility index (Phi) is 12.0. The van der Waals surface area contributed by atoms with E-state index in [1.165, 1.54) is 25.5 Å². The number of hydrogen-bond donors (Lipinski definition) is 1. The molecule has 0 radical (unpaired) electrons. The fourth-order valence-electron chi connectivity index (χ4n) is 5.23. The minimum absolute atomic E-state index is 0.285. The van der Waals surface area contributed by atoms with E-state index in [2.05, 4.69) is 4.90 Å². The summed E-state index contributed by atoms with van der Waals surface area (Å²) in [6.07, 6.45) is 0.00738. The van der Waals surface area contributed by atoms with Gasteiger partial charge in [0.2, 0.25) is 0 Å². The SMILES string of the molecule is CS(=O)(=O)c1ccc(-c2sc3cc(OCc4ccccc4)ccc3c2Oc2ccc(OCCN3CCCCC3)cc2)cc1.O=C(O)C(F)(F)F. The highest BCUT2D eigenvalue weighted by molar-refractivity contribution is 7.90. The Morgan fingerprint density at radius 2 is 1.46 bits per heavy atom. The Labute approximate surface area is 292 Å². The molecule has 50 heavy (non-hydrogen) atoms. The number of fused-ring (bicyclic) bond motifs is 1. The van der Waals surface area contributed by atoms with Crippen LogP contribution in [-0.2, 0) is 21.2 Å². The topological polar surface area (TPSA) is 102 Å². The van der Waals surface area contributed by atoms with Gasteiger partial charge in [-0.2, -0.15) is 13.2 Å². The van der Waals surface area contributed by atoms with Crippen LogP contribution in [0.15, 0.2) is 102 Å². The Bertz CT molecular complexity index is 1970. The van der Waals surface area contributed by atoms with Gasteiger partial charge in [0.25, 0.3) is 0 Å². The van der Waals surface area contributed by atoms with E-state index in [4.69, 9.17) is 24.1 Å². The summed E-state index contributed by atoms with van der Waals surface area (Å²) in [6, 6.07) is 30.8. The first kappa shape index (κ1) is 36.7. The molecule has 4 aromatic carbocycles. The van der Waals surface area contributed by atoms with E-state index in [-0.39, 0.29) is 4.90 Å². The monoisotopic (exact) mass is 727 g/mol. The number of hydrogen-bond acceptors (Lipinski definition) is 8. The van der Waals surface area contributed by atoms with Crippen LogP contribution < -0.4 is 14.2 Å². The Balaban J connectivity index is 0.000000630. The fraction of sp³-hybridized carbons (Fsp3) is 0.270. The van der Waals surface area contributed by atoms with Crippen LogP contribution in [0.2, 0.25) is 0 Å². The second kappa shape index (κ2) is 16.4. The Hall–Kier alpha value is -4.59. The van der Waals surface area contributed by atoms with Crippen molar-refractivity contribution in [2.75, 3.05) is 32.5 Å². The van der Waals surface area contributed by atoms with Crippen molar-refractivity contribution in [3.63, 3.8) is 0 Å². The first-order valence-corrected chi connectivity index (χ1v) is 18.5. The van der Waals surface area contributed by atoms with Gasteiger partial charge in [0.15, 0.2) is 15.6 Å². The molecule has 13 heteroatoms. The fourth-order valence-corrected chi connectivity index (χ4v) is 7.02. The second-order valence-electron chi connectivity index (χ2n) is 11.6. The molecule has 2 heterocycles. The number of alkyl halides is 3. The largest absolute Gasteiger partial charge is 0.492 e. The standard InChI is InChI=1S/C35H35NO5S2.C2HF3O2/c1-43(37,38)31-17-10-27(11-18-31)35-34(32-19-16-30(24-33(32)42-35)40-25-26-8-4-2-5-9-26)41-29-14-12-28(13-15-29)39-23-22-36-20-6-3-7-21-36;3-2(4,5)1(6)7/h2,4-5,8-19,24H,3,6-7,20-23,25H2,1H3;(H,6,7). The van der Waals surface area contributed by atoms with Gasteiger partial charge >= 0.3 is 12.1 Å². The first-order chi connectivity index (χ1) is 23.9. The third kappa shape index (κ3) is 10.2. The van der Waals surface area contributed by atoms with Crippen LogP contribution in [-0.4, -0.2) is 63.1 Å². The smallest absolute Gasteiger partial charge is 0.490 e. The van der Waals surface area contributed by atoms with Crippen LogP contribution in [0.3, 0.4) is 0 Å². The summed E-state index contributed by atoms with van der Waals surface area (Å²) in [7, 11) is -3.30. The summed E-state index contributed by atoms with van der Waals surface area (Å²) in [5, 5.41) is 8.08. The number of thiophene rings is 1. The van der Waals surface area contributed by atoms with Crippen LogP contribution in [0.1, 0.15) is 24.8 Å². The van der Waals surface area contributed by atoms with Crippen LogP contribution in [0.25, 0.3) is 20.5 Å². The van der Waals surface area contributed by atoms with Crippen LogP contribution >= 0.6 is 11.3 Å². The van der Waals surface area contributed by atoms with Crippen LogP contribution in [0.5, 0.6) is 23.0 Å². The molecule has 0 spiro atoms. The first-order valence-electron chi connectivity index (χ1n) is 15.8. The molecule has 0 amide bonds. The van der Waals surface area contributed by atoms with E-state index in [1.807, 2.05) is 84.9 Å². The summed E-state index contributed by atoms with van der Waals surface area (Å²) >= 11 is 1.59. The van der Waals surface area contributed by atoms with Gasteiger partial charge in [-0.05, 0) is 91.7 Å². The summed E-state index contributed by atoms with van der Waals surface area (Å²) in [5.74, 6) is 0.250. The molecule has 8 nitrogen and oxygen atoms in total. The van der Waals surface area contributed by atoms with Gasteiger partial charge in [-0.25, -0.2) is 13.2 Å². The predicted molar refractivity (Wildman–Crippen MR) is 187 cm³/mol. The average Bonchev–Trinajstić information content (AvgIpc) is 3.46. The molecule has 1 saturated heterocycles. The molecule has 1 N–H and O–H groups in total. The number of rotatable bonds is 11. The third-order valence-corrected chi connectivity index (χ3v) is 10.1. The van der Waals surface area contributed by atoms with E-state index in [0.29, 0.717) is 19.0 Å². The van der Waals surface area contributed by atoms with E-state index in [0.717, 1.165) is 63.0 Å². The van der Waals surface area contributed by atoms with E-state index >= 15 is 0 Å². The number of carbonyl (C=O) groups is 1. The van der Waals surface area contributed by atoms with Crippen molar-refractivity contribution < 1.29 is 45.7 Å². The zero-order valence-corrected chi connectivity index (χ0v) is 28.8. The maximum absolute atomic E-state index is 12.1. The molecule has 1 aliphatic heterocycles. The molecule has 0 bridgehead atoms. The minimum atomic E-state index is -5.08. The Morgan fingerprint density at radius 1 is 0.840 bits per heavy atom. The highest BCUT2D eigenvalue weighted by atomic mass is 32.2. The highest BCUT2D eigenvalue weighted by Crippen LogP contribution is 2.47. The maximum atomic E-state index is 12.1. The van der Waals surface area contributed by atoms with E-state index in [9.17, 15) is 21.6 Å². The van der Waals surface area contributed by atoms with Gasteiger partial charge < -0.3 is 19.3 Å². The second-order valence-corrected chi connectivity index (χ2v) is 14.7. The van der Waals surface area contributed by atoms with Gasteiger partial charge in [0, 0.05) is 22.9 Å². The lowest BCUT2D eigenvalue weighted by atomic mass is 10.1. The van der Waals surface area contributed by atoms with Crippen molar-refractivity contribution in [1.82, 2.24) is 4.90 Å². The number of aliphatic carboxylic acids is 1. The lowest BCUT2D eigenvalue weighted by Gasteiger charge is -2.26.